The molecule has 0 aromatic rings. The second kappa shape index (κ2) is 17.4. The summed E-state index contributed by atoms with van der Waals surface area (Å²) >= 11 is 0. The second-order valence-corrected chi connectivity index (χ2v) is 6.97. The predicted octanol–water partition coefficient (Wildman–Crippen LogP) is 1.98. The third kappa shape index (κ3) is 14.7. The third-order valence-corrected chi connectivity index (χ3v) is 4.27. The first-order valence-electron chi connectivity index (χ1n) is 10.4. The van der Waals surface area contributed by atoms with Crippen molar-refractivity contribution in [3.05, 3.63) is 72.9 Å². The average molecular weight is 475 g/mol. The van der Waals surface area contributed by atoms with Gasteiger partial charge in [0.1, 0.15) is 12.1 Å². The van der Waals surface area contributed by atoms with E-state index in [1.54, 1.807) is 49.5 Å². The maximum Gasteiger partial charge on any atom is 0.326 e. The largest absolute Gasteiger partial charge is 0.481 e. The molecule has 3 atom stereocenters. The van der Waals surface area contributed by atoms with Crippen molar-refractivity contribution in [3.63, 3.8) is 0 Å². The number of carbonyl (C=O) groups excluding carboxylic acids is 2. The molecule has 0 saturated carbocycles. The highest BCUT2D eigenvalue weighted by Gasteiger charge is 2.24. The molecule has 0 spiro atoms. The van der Waals surface area contributed by atoms with Crippen LogP contribution in [0.25, 0.3) is 0 Å². The van der Waals surface area contributed by atoms with E-state index in [0.29, 0.717) is 6.42 Å². The number of nitrogens with one attached hydrogen (secondary N) is 2. The van der Waals surface area contributed by atoms with Gasteiger partial charge in [-0.3, -0.25) is 14.4 Å². The number of hydrogen-bond acceptors (Lipinski definition) is 5. The molecule has 0 radical (unpaired) electrons. The van der Waals surface area contributed by atoms with Crippen LogP contribution in [-0.2, 0) is 24.0 Å². The molecular formula is C24H30N2O8. The molecule has 10 heteroatoms. The Balaban J connectivity index is 4.41. The van der Waals surface area contributed by atoms with Crippen LogP contribution in [0.1, 0.15) is 26.7 Å². The summed E-state index contributed by atoms with van der Waals surface area (Å²) < 4.78 is 0. The zero-order valence-corrected chi connectivity index (χ0v) is 19.0. The summed E-state index contributed by atoms with van der Waals surface area (Å²) in [6.07, 6.45) is 18.3. The van der Waals surface area contributed by atoms with Crippen molar-refractivity contribution in [1.29, 1.82) is 0 Å². The zero-order valence-electron chi connectivity index (χ0n) is 19.0. The van der Waals surface area contributed by atoms with Crippen LogP contribution in [0.5, 0.6) is 0 Å². The summed E-state index contributed by atoms with van der Waals surface area (Å²) in [5, 5.41) is 31.2. The fourth-order valence-corrected chi connectivity index (χ4v) is 2.28. The van der Waals surface area contributed by atoms with Gasteiger partial charge in [0, 0.05) is 12.2 Å². The topological polar surface area (TPSA) is 170 Å². The molecule has 10 nitrogen and oxygen atoms in total. The van der Waals surface area contributed by atoms with Crippen LogP contribution >= 0.6 is 0 Å². The van der Waals surface area contributed by atoms with E-state index in [9.17, 15) is 24.0 Å². The molecule has 0 fully saturated rings. The molecule has 0 aliphatic rings. The average Bonchev–Trinajstić information content (AvgIpc) is 2.76. The number of aliphatic carboxylic acids is 3. The normalized spacial score (nSPS) is 14.9. The summed E-state index contributed by atoms with van der Waals surface area (Å²) in [7, 11) is 0. The fourth-order valence-electron chi connectivity index (χ4n) is 2.28. The number of amides is 2. The van der Waals surface area contributed by atoms with E-state index >= 15 is 0 Å². The number of allylic oxidation sites excluding steroid dienone is 10. The minimum absolute atomic E-state index is 0.185. The summed E-state index contributed by atoms with van der Waals surface area (Å²) in [6.45, 7) is 3.60. The van der Waals surface area contributed by atoms with E-state index in [1.807, 2.05) is 6.92 Å². The van der Waals surface area contributed by atoms with E-state index in [4.69, 9.17) is 15.3 Å². The Morgan fingerprint density at radius 1 is 0.676 bits per heavy atom. The van der Waals surface area contributed by atoms with Crippen molar-refractivity contribution in [2.24, 2.45) is 5.92 Å². The SMILES string of the molecule is CC[C@H](C)[C@H](NC(=O)/C=C/C=C/C=C/C=C/C=C/C=C/C(=O)N[C@@H](CC(=O)O)C(=O)O)C(=O)O. The van der Waals surface area contributed by atoms with Crippen LogP contribution in [0.4, 0.5) is 0 Å². The minimum Gasteiger partial charge on any atom is -0.481 e. The highest BCUT2D eigenvalue weighted by Crippen LogP contribution is 2.07. The van der Waals surface area contributed by atoms with Crippen molar-refractivity contribution < 1.29 is 39.3 Å². The van der Waals surface area contributed by atoms with Gasteiger partial charge < -0.3 is 26.0 Å². The van der Waals surface area contributed by atoms with E-state index in [-0.39, 0.29) is 5.92 Å². The Hall–Kier alpha value is -4.21. The van der Waals surface area contributed by atoms with Gasteiger partial charge in [0.25, 0.3) is 0 Å². The Bertz CT molecular complexity index is 897. The van der Waals surface area contributed by atoms with E-state index in [0.717, 1.165) is 6.08 Å². The quantitative estimate of drug-likeness (QED) is 0.177. The lowest BCUT2D eigenvalue weighted by Crippen LogP contribution is -2.44. The van der Waals surface area contributed by atoms with Gasteiger partial charge in [-0.05, 0) is 5.92 Å². The van der Waals surface area contributed by atoms with Gasteiger partial charge >= 0.3 is 17.9 Å². The fraction of sp³-hybridized carbons (Fsp3) is 0.292. The van der Waals surface area contributed by atoms with Gasteiger partial charge in [0.05, 0.1) is 6.42 Å². The monoisotopic (exact) mass is 474 g/mol. The third-order valence-electron chi connectivity index (χ3n) is 4.27. The second-order valence-electron chi connectivity index (χ2n) is 6.97. The van der Waals surface area contributed by atoms with Gasteiger partial charge in [-0.2, -0.15) is 0 Å². The number of rotatable bonds is 15. The molecule has 0 aromatic heterocycles. The van der Waals surface area contributed by atoms with Crippen molar-refractivity contribution >= 4 is 29.7 Å². The molecule has 34 heavy (non-hydrogen) atoms. The van der Waals surface area contributed by atoms with E-state index < -0.39 is 48.2 Å². The number of carboxylic acid groups (broad SMARTS) is 3. The minimum atomic E-state index is -1.51. The van der Waals surface area contributed by atoms with Gasteiger partial charge in [-0.15, -0.1) is 0 Å². The molecular weight excluding hydrogens is 444 g/mol. The summed E-state index contributed by atoms with van der Waals surface area (Å²) in [5.74, 6) is -5.25. The van der Waals surface area contributed by atoms with Gasteiger partial charge in [0.15, 0.2) is 0 Å². The molecule has 5 N–H and O–H groups in total. The molecule has 2 amide bonds. The molecule has 0 bridgehead atoms. The maximum atomic E-state index is 11.8. The Kier molecular flexibility index (Phi) is 15.2. The van der Waals surface area contributed by atoms with Crippen LogP contribution < -0.4 is 10.6 Å². The molecule has 0 aromatic carbocycles. The van der Waals surface area contributed by atoms with E-state index in [2.05, 4.69) is 10.6 Å². The van der Waals surface area contributed by atoms with Crippen LogP contribution in [0, 0.1) is 5.92 Å². The summed E-state index contributed by atoms with van der Waals surface area (Å²) in [6, 6.07) is -2.45. The van der Waals surface area contributed by atoms with Gasteiger partial charge in [0.2, 0.25) is 11.8 Å². The molecule has 184 valence electrons. The van der Waals surface area contributed by atoms with Gasteiger partial charge in [-0.25, -0.2) is 9.59 Å². The molecule has 0 unspecified atom stereocenters. The van der Waals surface area contributed by atoms with Crippen LogP contribution in [0.2, 0.25) is 0 Å². The predicted molar refractivity (Wildman–Crippen MR) is 126 cm³/mol. The first kappa shape index (κ1) is 29.8. The van der Waals surface area contributed by atoms with Crippen LogP contribution in [-0.4, -0.2) is 57.1 Å². The lowest BCUT2D eigenvalue weighted by atomic mass is 9.99. The van der Waals surface area contributed by atoms with Crippen LogP contribution in [0.15, 0.2) is 72.9 Å². The lowest BCUT2D eigenvalue weighted by Gasteiger charge is -2.19. The first-order valence-corrected chi connectivity index (χ1v) is 10.4. The maximum absolute atomic E-state index is 11.8. The van der Waals surface area contributed by atoms with Crippen molar-refractivity contribution in [2.75, 3.05) is 0 Å². The zero-order chi connectivity index (χ0) is 25.9. The molecule has 0 aliphatic carbocycles. The molecule has 0 heterocycles. The number of carbonyl (C=O) groups is 5. The number of hydrogen-bond donors (Lipinski definition) is 5. The first-order chi connectivity index (χ1) is 16.1. The van der Waals surface area contributed by atoms with E-state index in [1.165, 1.54) is 24.3 Å². The highest BCUT2D eigenvalue weighted by molar-refractivity contribution is 5.92. The van der Waals surface area contributed by atoms with Crippen molar-refractivity contribution in [1.82, 2.24) is 10.6 Å². The summed E-state index contributed by atoms with van der Waals surface area (Å²) in [5.41, 5.74) is 0. The number of carboxylic acids is 3. The highest BCUT2D eigenvalue weighted by atomic mass is 16.4. The summed E-state index contributed by atoms with van der Waals surface area (Å²) in [4.78, 5) is 56.0. The molecule has 0 rings (SSSR count). The lowest BCUT2D eigenvalue weighted by molar-refractivity contribution is -0.146. The molecule has 0 aliphatic heterocycles. The Labute approximate surface area is 197 Å². The van der Waals surface area contributed by atoms with Gasteiger partial charge in [-0.1, -0.05) is 81.0 Å². The smallest absolute Gasteiger partial charge is 0.326 e. The molecule has 0 saturated heterocycles. The van der Waals surface area contributed by atoms with Crippen molar-refractivity contribution in [3.8, 4) is 0 Å². The standard InChI is InChI=1S/C24H30N2O8/c1-3-17(2)22(24(33)34)26-20(28)15-13-11-9-7-5-4-6-8-10-12-14-19(27)25-18(23(31)32)16-21(29)30/h4-15,17-18,22H,3,16H2,1-2H3,(H,25,27)(H,26,28)(H,29,30)(H,31,32)(H,33,34)/b6-4+,7-5+,10-8+,11-9+,14-12+,15-13+/t17-,18-,22-/m0/s1. The Morgan fingerprint density at radius 3 is 1.44 bits per heavy atom. The van der Waals surface area contributed by atoms with Crippen molar-refractivity contribution in [2.45, 2.75) is 38.8 Å². The Morgan fingerprint density at radius 2 is 1.09 bits per heavy atom. The van der Waals surface area contributed by atoms with Crippen LogP contribution in [0.3, 0.4) is 0 Å².